The third kappa shape index (κ3) is 3.15. The Balaban J connectivity index is 1.64. The van der Waals surface area contributed by atoms with Gasteiger partial charge in [-0.25, -0.2) is 14.4 Å². The first kappa shape index (κ1) is 18.9. The maximum atomic E-state index is 14.8. The van der Waals surface area contributed by atoms with Crippen molar-refractivity contribution in [3.63, 3.8) is 0 Å². The fourth-order valence-corrected chi connectivity index (χ4v) is 4.99. The predicted molar refractivity (Wildman–Crippen MR) is 106 cm³/mol. The summed E-state index contributed by atoms with van der Waals surface area (Å²) >= 11 is 1.53. The van der Waals surface area contributed by atoms with Crippen LogP contribution in [-0.2, 0) is 12.0 Å². The van der Waals surface area contributed by atoms with Gasteiger partial charge in [-0.2, -0.15) is 0 Å². The lowest BCUT2D eigenvalue weighted by atomic mass is 9.77. The number of Topliss-reactive ketones (excluding diaryl/α,β-unsaturated/α-hetero) is 1. The van der Waals surface area contributed by atoms with Crippen molar-refractivity contribution in [1.82, 2.24) is 9.97 Å². The highest BCUT2D eigenvalue weighted by atomic mass is 32.2. The highest BCUT2D eigenvalue weighted by Gasteiger charge is 2.60. The smallest absolute Gasteiger partial charge is 0.232 e. The molecule has 28 heavy (non-hydrogen) atoms. The molecule has 0 saturated heterocycles. The van der Waals surface area contributed by atoms with Crippen LogP contribution in [0.1, 0.15) is 41.4 Å². The van der Waals surface area contributed by atoms with Crippen molar-refractivity contribution in [3.8, 4) is 5.88 Å². The molecule has 2 N–H and O–H groups in total. The number of aliphatic imine (C=N–C) groups is 1. The van der Waals surface area contributed by atoms with Gasteiger partial charge in [0.15, 0.2) is 11.0 Å². The molecule has 1 aromatic heterocycles. The van der Waals surface area contributed by atoms with Gasteiger partial charge in [-0.15, -0.1) is 0 Å². The van der Waals surface area contributed by atoms with Crippen LogP contribution in [0.15, 0.2) is 35.6 Å². The summed E-state index contributed by atoms with van der Waals surface area (Å²) in [6.07, 6.45) is 4.88. The molecule has 2 heterocycles. The fourth-order valence-electron chi connectivity index (χ4n) is 3.75. The minimum absolute atomic E-state index is 0.0640. The van der Waals surface area contributed by atoms with Crippen LogP contribution >= 0.6 is 11.8 Å². The third-order valence-corrected chi connectivity index (χ3v) is 6.84. The maximum absolute atomic E-state index is 14.8. The van der Waals surface area contributed by atoms with E-state index >= 15 is 0 Å². The van der Waals surface area contributed by atoms with Crippen molar-refractivity contribution < 1.29 is 13.9 Å². The number of hydrogen-bond donors (Lipinski definition) is 1. The van der Waals surface area contributed by atoms with Crippen molar-refractivity contribution in [2.24, 2.45) is 16.1 Å². The Kier molecular flexibility index (Phi) is 4.61. The lowest BCUT2D eigenvalue weighted by Gasteiger charge is -2.39. The molecule has 1 aromatic carbocycles. The number of ether oxygens (including phenoxy) is 1. The molecule has 1 aliphatic carbocycles. The monoisotopic (exact) mass is 400 g/mol. The lowest BCUT2D eigenvalue weighted by molar-refractivity contribution is 0.0987. The minimum atomic E-state index is -0.717. The van der Waals surface area contributed by atoms with E-state index in [1.54, 1.807) is 12.1 Å². The first-order chi connectivity index (χ1) is 13.4. The van der Waals surface area contributed by atoms with Crippen LogP contribution in [0.3, 0.4) is 0 Å². The van der Waals surface area contributed by atoms with Crippen molar-refractivity contribution in [3.05, 3.63) is 53.2 Å². The summed E-state index contributed by atoms with van der Waals surface area (Å²) in [6.45, 7) is 1.95. The molecule has 2 aliphatic rings. The summed E-state index contributed by atoms with van der Waals surface area (Å²) in [7, 11) is 1.48. The van der Waals surface area contributed by atoms with Gasteiger partial charge in [-0.3, -0.25) is 9.79 Å². The number of thioether (sulfide) groups is 1. The molecule has 4 rings (SSSR count). The number of carbonyl (C=O) groups is 1. The minimum Gasteiger partial charge on any atom is -0.480 e. The van der Waals surface area contributed by atoms with E-state index in [1.165, 1.54) is 37.3 Å². The maximum Gasteiger partial charge on any atom is 0.232 e. The van der Waals surface area contributed by atoms with Crippen molar-refractivity contribution in [1.29, 1.82) is 0 Å². The Morgan fingerprint density at radius 3 is 2.75 bits per heavy atom. The second-order valence-corrected chi connectivity index (χ2v) is 8.45. The zero-order chi connectivity index (χ0) is 19.9. The van der Waals surface area contributed by atoms with E-state index in [0.29, 0.717) is 22.2 Å². The quantitative estimate of drug-likeness (QED) is 0.776. The van der Waals surface area contributed by atoms with Gasteiger partial charge in [0.05, 0.1) is 25.0 Å². The van der Waals surface area contributed by atoms with E-state index in [2.05, 4.69) is 15.0 Å². The second-order valence-electron chi connectivity index (χ2n) is 7.45. The Morgan fingerprint density at radius 2 is 2.11 bits per heavy atom. The molecule has 0 radical (unpaired) electrons. The molecule has 6 nitrogen and oxygen atoms in total. The number of benzene rings is 1. The van der Waals surface area contributed by atoms with Gasteiger partial charge >= 0.3 is 0 Å². The first-order valence-corrected chi connectivity index (χ1v) is 10.0. The van der Waals surface area contributed by atoms with E-state index < -0.39 is 5.54 Å². The lowest BCUT2D eigenvalue weighted by Crippen LogP contribution is -2.40. The summed E-state index contributed by atoms with van der Waals surface area (Å²) in [5, 5.41) is 0.481. The summed E-state index contributed by atoms with van der Waals surface area (Å²) in [5.41, 5.74) is 6.65. The number of nitrogens with zero attached hydrogens (tertiary/aromatic N) is 3. The average molecular weight is 400 g/mol. The van der Waals surface area contributed by atoms with E-state index in [1.807, 2.05) is 6.92 Å². The zero-order valence-corrected chi connectivity index (χ0v) is 16.6. The molecule has 8 heteroatoms. The zero-order valence-electron chi connectivity index (χ0n) is 15.7. The third-order valence-electron chi connectivity index (χ3n) is 5.76. The molecule has 0 bridgehead atoms. The van der Waals surface area contributed by atoms with Gasteiger partial charge < -0.3 is 10.5 Å². The number of rotatable bonds is 5. The van der Waals surface area contributed by atoms with Crippen molar-refractivity contribution >= 4 is 22.7 Å². The van der Waals surface area contributed by atoms with Crippen LogP contribution < -0.4 is 10.5 Å². The number of ketones is 1. The summed E-state index contributed by atoms with van der Waals surface area (Å²) in [4.78, 5) is 25.3. The predicted octanol–water partition coefficient (Wildman–Crippen LogP) is 3.11. The van der Waals surface area contributed by atoms with Gasteiger partial charge in [0.1, 0.15) is 11.5 Å². The Hall–Kier alpha value is -2.48. The number of nitrogens with two attached hydrogens (primary N) is 1. The normalized spacial score (nSPS) is 22.6. The summed E-state index contributed by atoms with van der Waals surface area (Å²) in [6, 6.07) is 4.78. The molecular weight excluding hydrogens is 379 g/mol. The number of methoxy groups -OCH3 is 1. The molecule has 0 amide bonds. The number of amidine groups is 1. The Morgan fingerprint density at radius 1 is 1.32 bits per heavy atom. The van der Waals surface area contributed by atoms with Crippen molar-refractivity contribution in [2.75, 3.05) is 12.9 Å². The molecule has 1 fully saturated rings. The molecule has 146 valence electrons. The number of carbonyl (C=O) groups excluding carboxylic acids is 1. The van der Waals surface area contributed by atoms with E-state index in [9.17, 15) is 9.18 Å². The van der Waals surface area contributed by atoms with Crippen LogP contribution in [0.5, 0.6) is 5.88 Å². The largest absolute Gasteiger partial charge is 0.480 e. The van der Waals surface area contributed by atoms with Crippen molar-refractivity contribution in [2.45, 2.75) is 31.7 Å². The molecule has 1 saturated carbocycles. The van der Waals surface area contributed by atoms with Crippen LogP contribution in [0.2, 0.25) is 0 Å². The Bertz CT molecular complexity index is 959. The SMILES string of the molecule is COc1cnc(C(=O)Cc2ccc(F)c([C@@]3(C)N=C(N)SCC34CC4)c2)cn1. The van der Waals surface area contributed by atoms with Crippen LogP contribution in [0.4, 0.5) is 4.39 Å². The average Bonchev–Trinajstić information content (AvgIpc) is 3.48. The first-order valence-electron chi connectivity index (χ1n) is 9.03. The van der Waals surface area contributed by atoms with Gasteiger partial charge in [0.25, 0.3) is 0 Å². The van der Waals surface area contributed by atoms with Gasteiger partial charge in [0.2, 0.25) is 5.88 Å². The molecule has 1 spiro atoms. The van der Waals surface area contributed by atoms with Gasteiger partial charge in [-0.1, -0.05) is 17.8 Å². The van der Waals surface area contributed by atoms with Crippen LogP contribution in [0, 0.1) is 11.2 Å². The summed E-state index contributed by atoms with van der Waals surface area (Å²) in [5.74, 6) is 0.663. The highest BCUT2D eigenvalue weighted by molar-refractivity contribution is 8.13. The molecule has 0 unspecified atom stereocenters. The fraction of sp³-hybridized carbons (Fsp3) is 0.400. The topological polar surface area (TPSA) is 90.5 Å². The molecule has 1 atom stereocenters. The van der Waals surface area contributed by atoms with E-state index in [0.717, 1.165) is 18.6 Å². The Labute approximate surface area is 166 Å². The summed E-state index contributed by atoms with van der Waals surface area (Å²) < 4.78 is 19.8. The number of aromatic nitrogens is 2. The van der Waals surface area contributed by atoms with Crippen LogP contribution in [0.25, 0.3) is 0 Å². The second kappa shape index (κ2) is 6.84. The van der Waals surface area contributed by atoms with Gasteiger partial charge in [0, 0.05) is 23.2 Å². The number of halogens is 1. The van der Waals surface area contributed by atoms with E-state index in [-0.39, 0.29) is 29.1 Å². The standard InChI is InChI=1S/C20H21FN4O2S/c1-19(20(5-6-20)11-28-18(22)25-19)13-7-12(3-4-14(13)21)8-16(26)15-9-24-17(27-2)10-23-15/h3-4,7,9-10H,5-6,8,11H2,1-2H3,(H2,22,25)/t19-/m1/s1. The van der Waals surface area contributed by atoms with Gasteiger partial charge in [-0.05, 0) is 37.5 Å². The van der Waals surface area contributed by atoms with Crippen LogP contribution in [-0.4, -0.2) is 33.8 Å². The number of hydrogen-bond acceptors (Lipinski definition) is 7. The molecular formula is C20H21FN4O2S. The van der Waals surface area contributed by atoms with E-state index in [4.69, 9.17) is 10.5 Å². The molecule has 2 aromatic rings. The highest BCUT2D eigenvalue weighted by Crippen LogP contribution is 2.63. The molecule has 1 aliphatic heterocycles.